The summed E-state index contributed by atoms with van der Waals surface area (Å²) in [6.07, 6.45) is 0. The van der Waals surface area contributed by atoms with Gasteiger partial charge in [0.05, 0.1) is 29.0 Å². The molecule has 0 aliphatic rings. The van der Waals surface area contributed by atoms with Crippen LogP contribution < -0.4 is 15.5 Å². The largest absolute Gasteiger partial charge is 0.478 e. The van der Waals surface area contributed by atoms with Crippen LogP contribution in [0.15, 0.2) is 84.9 Å². The minimum atomic E-state index is -1.30. The van der Waals surface area contributed by atoms with E-state index in [9.17, 15) is 19.5 Å². The normalized spacial score (nSPS) is 10.7. The molecule has 0 saturated carbocycles. The van der Waals surface area contributed by atoms with Crippen molar-refractivity contribution < 1.29 is 54.5 Å². The van der Waals surface area contributed by atoms with Gasteiger partial charge in [-0.2, -0.15) is 0 Å². The summed E-state index contributed by atoms with van der Waals surface area (Å²) in [7, 11) is 0. The van der Waals surface area contributed by atoms with E-state index < -0.39 is 17.8 Å². The van der Waals surface area contributed by atoms with Gasteiger partial charge in [0, 0.05) is 5.69 Å². The van der Waals surface area contributed by atoms with Crippen molar-refractivity contribution in [3.63, 3.8) is 0 Å². The lowest BCUT2D eigenvalue weighted by molar-refractivity contribution is -0.253. The molecule has 0 unspecified atom stereocenters. The zero-order valence-corrected chi connectivity index (χ0v) is 22.4. The lowest BCUT2D eigenvalue weighted by atomic mass is 10.0. The van der Waals surface area contributed by atoms with Gasteiger partial charge in [0.25, 0.3) is 5.91 Å². The van der Waals surface area contributed by atoms with E-state index in [0.717, 1.165) is 0 Å². The first kappa shape index (κ1) is 30.6. The van der Waals surface area contributed by atoms with Gasteiger partial charge in [0.15, 0.2) is 0 Å². The highest BCUT2D eigenvalue weighted by atomic mass is 17.1. The van der Waals surface area contributed by atoms with Crippen LogP contribution in [0.1, 0.15) is 47.8 Å². The van der Waals surface area contributed by atoms with Crippen LogP contribution in [-0.2, 0) is 34.4 Å². The Morgan fingerprint density at radius 2 is 1.28 bits per heavy atom. The van der Waals surface area contributed by atoms with Gasteiger partial charge >= 0.3 is 11.9 Å². The van der Waals surface area contributed by atoms with Gasteiger partial charge in [-0.25, -0.2) is 19.4 Å². The van der Waals surface area contributed by atoms with Crippen molar-refractivity contribution in [3.8, 4) is 11.5 Å². The van der Waals surface area contributed by atoms with Crippen molar-refractivity contribution in [1.82, 2.24) is 0 Å². The smallest absolute Gasteiger partial charge is 0.336 e. The van der Waals surface area contributed by atoms with E-state index in [-0.39, 0.29) is 36.5 Å². The summed E-state index contributed by atoms with van der Waals surface area (Å²) in [4.78, 5) is 49.2. The fourth-order valence-electron chi connectivity index (χ4n) is 3.96. The molecule has 0 heterocycles. The second kappa shape index (κ2) is 14.5. The molecule has 0 aromatic heterocycles. The summed E-state index contributed by atoms with van der Waals surface area (Å²) in [5.41, 5.74) is 5.07. The number of hydrogen-bond donors (Lipinski definition) is 6. The third kappa shape index (κ3) is 8.36. The highest BCUT2D eigenvalue weighted by Crippen LogP contribution is 2.25. The minimum Gasteiger partial charge on any atom is -0.478 e. The fraction of sp³-hybridized carbons (Fsp3) is 0.100. The first-order valence-electron chi connectivity index (χ1n) is 12.6. The molecule has 0 aliphatic carbocycles. The first-order chi connectivity index (χ1) is 20.8. The molecule has 0 bridgehead atoms. The number of anilines is 2. The number of rotatable bonds is 14. The molecule has 0 fully saturated rings. The highest BCUT2D eigenvalue weighted by molar-refractivity contribution is 6.10. The van der Waals surface area contributed by atoms with Gasteiger partial charge in [0.2, 0.25) is 0 Å². The topological polar surface area (TPSA) is 193 Å². The number of carbonyl (C=O) groups excluding carboxylic acids is 1. The van der Waals surface area contributed by atoms with E-state index in [2.05, 4.69) is 20.6 Å². The summed E-state index contributed by atoms with van der Waals surface area (Å²) in [5.74, 6) is -2.01. The van der Waals surface area contributed by atoms with Crippen LogP contribution in [0.5, 0.6) is 11.5 Å². The zero-order chi connectivity index (χ0) is 30.8. The molecule has 4 aromatic rings. The third-order valence-corrected chi connectivity index (χ3v) is 6.08. The van der Waals surface area contributed by atoms with Gasteiger partial charge in [0.1, 0.15) is 24.7 Å². The third-order valence-electron chi connectivity index (χ3n) is 6.08. The minimum absolute atomic E-state index is 0.0529. The van der Waals surface area contributed by atoms with Crippen LogP contribution in [0, 0.1) is 0 Å². The predicted octanol–water partition coefficient (Wildman–Crippen LogP) is 5.65. The zero-order valence-electron chi connectivity index (χ0n) is 22.4. The maximum atomic E-state index is 12.7. The van der Waals surface area contributed by atoms with Crippen LogP contribution >= 0.6 is 0 Å². The van der Waals surface area contributed by atoms with Gasteiger partial charge < -0.3 is 20.3 Å². The molecule has 13 heteroatoms. The van der Waals surface area contributed by atoms with Crippen molar-refractivity contribution in [2.24, 2.45) is 0 Å². The van der Waals surface area contributed by atoms with E-state index in [1.165, 1.54) is 30.3 Å². The molecule has 222 valence electrons. The van der Waals surface area contributed by atoms with Crippen molar-refractivity contribution in [2.45, 2.75) is 19.8 Å². The maximum absolute atomic E-state index is 12.7. The van der Waals surface area contributed by atoms with Gasteiger partial charge in [-0.1, -0.05) is 12.1 Å². The first-order valence-corrected chi connectivity index (χ1v) is 12.6. The number of amides is 1. The number of ether oxygens (including phenoxy) is 1. The van der Waals surface area contributed by atoms with Crippen molar-refractivity contribution >= 4 is 29.2 Å². The van der Waals surface area contributed by atoms with Gasteiger partial charge in [-0.3, -0.25) is 25.6 Å². The summed E-state index contributed by atoms with van der Waals surface area (Å²) in [5, 5.41) is 38.6. The van der Waals surface area contributed by atoms with E-state index >= 15 is 0 Å². The lowest BCUT2D eigenvalue weighted by Crippen LogP contribution is -2.16. The molecule has 43 heavy (non-hydrogen) atoms. The number of benzene rings is 4. The Morgan fingerprint density at radius 1 is 0.628 bits per heavy atom. The number of carbonyl (C=O) groups is 3. The van der Waals surface area contributed by atoms with Crippen molar-refractivity contribution in [3.05, 3.63) is 118 Å². The molecule has 0 aliphatic heterocycles. The Labute approximate surface area is 244 Å². The monoisotopic (exact) mass is 590 g/mol. The molecule has 0 saturated heterocycles. The highest BCUT2D eigenvalue weighted by Gasteiger charge is 2.18. The van der Waals surface area contributed by atoms with E-state index in [1.807, 2.05) is 0 Å². The predicted molar refractivity (Wildman–Crippen MR) is 151 cm³/mol. The molecule has 0 radical (unpaired) electrons. The second-order valence-electron chi connectivity index (χ2n) is 9.02. The number of aromatic carboxylic acids is 2. The lowest BCUT2D eigenvalue weighted by Gasteiger charge is -2.12. The number of carboxylic acids is 2. The molecule has 1 amide bonds. The molecular formula is C30H26N2O11. The van der Waals surface area contributed by atoms with Crippen LogP contribution in [0.2, 0.25) is 0 Å². The van der Waals surface area contributed by atoms with Gasteiger partial charge in [-0.15, -0.1) is 0 Å². The summed E-state index contributed by atoms with van der Waals surface area (Å²) >= 11 is 0. The Bertz CT molecular complexity index is 1590. The molecule has 13 nitrogen and oxygen atoms in total. The summed E-state index contributed by atoms with van der Waals surface area (Å²) in [6, 6.07) is 21.8. The average Bonchev–Trinajstić information content (AvgIpc) is 3.00. The molecule has 4 aromatic carbocycles. The Morgan fingerprint density at radius 3 is 1.88 bits per heavy atom. The Balaban J connectivity index is 1.31. The standard InChI is InChI=1S/C30H26N2O11/c33-28(26-12-1-18(15-41-38)13-27(26)30(36)37)31-22-4-8-24(9-5-22)43-25-10-6-23(7-11-25)32-40-16-20-3-2-19(29(34)35)14-21(20)17-42-39/h1-14,32,38-39H,15-17H2,(H,31,33)(H,34,35)(H,36,37). The fourth-order valence-corrected chi connectivity index (χ4v) is 3.96. The quantitative estimate of drug-likeness (QED) is 0.0782. The van der Waals surface area contributed by atoms with E-state index in [4.69, 9.17) is 25.2 Å². The molecular weight excluding hydrogens is 564 g/mol. The van der Waals surface area contributed by atoms with E-state index in [0.29, 0.717) is 39.6 Å². The Kier molecular flexibility index (Phi) is 10.4. The molecule has 4 rings (SSSR count). The van der Waals surface area contributed by atoms with Crippen LogP contribution in [0.25, 0.3) is 0 Å². The van der Waals surface area contributed by atoms with Crippen LogP contribution in [0.3, 0.4) is 0 Å². The van der Waals surface area contributed by atoms with Crippen LogP contribution in [0.4, 0.5) is 11.4 Å². The summed E-state index contributed by atoms with van der Waals surface area (Å²) < 4.78 is 5.83. The molecule has 6 N–H and O–H groups in total. The van der Waals surface area contributed by atoms with Crippen molar-refractivity contribution in [1.29, 1.82) is 0 Å². The number of hydrogen-bond acceptors (Lipinski definition) is 10. The second-order valence-corrected chi connectivity index (χ2v) is 9.02. The van der Waals surface area contributed by atoms with Gasteiger partial charge in [-0.05, 0) is 89.5 Å². The number of carboxylic acid groups (broad SMARTS) is 2. The molecule has 0 atom stereocenters. The van der Waals surface area contributed by atoms with E-state index in [1.54, 1.807) is 54.6 Å². The van der Waals surface area contributed by atoms with Crippen LogP contribution in [-0.4, -0.2) is 38.6 Å². The molecule has 0 spiro atoms. The average molecular weight is 591 g/mol. The maximum Gasteiger partial charge on any atom is 0.336 e. The Hall–Kier alpha value is -5.31. The number of nitrogens with one attached hydrogen (secondary N) is 2. The summed E-state index contributed by atoms with van der Waals surface area (Å²) in [6.45, 7) is -0.339. The van der Waals surface area contributed by atoms with Crippen molar-refractivity contribution in [2.75, 3.05) is 10.8 Å². The SMILES string of the molecule is O=C(O)c1ccc(CONc2ccc(Oc3ccc(NC(=O)c4ccc(COO)cc4C(=O)O)cc3)cc2)c(COO)c1.